The van der Waals surface area contributed by atoms with Gasteiger partial charge in [-0.15, -0.1) is 0 Å². The number of fused-ring (bicyclic) bond motifs is 2. The molecule has 0 aromatic heterocycles. The third kappa shape index (κ3) is 3.56. The highest BCUT2D eigenvalue weighted by Crippen LogP contribution is 2.37. The Hall–Kier alpha value is -2.25. The number of benzene rings is 2. The number of sulfonamides is 1. The second kappa shape index (κ2) is 7.29. The second-order valence-electron chi connectivity index (χ2n) is 7.06. The van der Waals surface area contributed by atoms with Crippen LogP contribution < -0.4 is 13.9 Å². The van der Waals surface area contributed by atoms with Crippen molar-refractivity contribution in [1.29, 1.82) is 0 Å². The molecule has 2 heterocycles. The summed E-state index contributed by atoms with van der Waals surface area (Å²) in [5.74, 6) is 0.194. The zero-order chi connectivity index (χ0) is 19.9. The Morgan fingerprint density at radius 1 is 1.14 bits per heavy atom. The van der Waals surface area contributed by atoms with Crippen molar-refractivity contribution in [2.45, 2.75) is 25.4 Å². The number of carbonyl (C=O) groups is 1. The molecule has 1 atom stereocenters. The number of aryl methyl sites for hydroxylation is 1. The number of amides is 1. The number of anilines is 2. The molecule has 0 N–H and O–H groups in total. The summed E-state index contributed by atoms with van der Waals surface area (Å²) in [6.45, 7) is 0.775. The highest BCUT2D eigenvalue weighted by molar-refractivity contribution is 7.92. The van der Waals surface area contributed by atoms with Crippen molar-refractivity contribution in [3.8, 4) is 5.75 Å². The number of carbonyl (C=O) groups excluding carboxylic acids is 1. The van der Waals surface area contributed by atoms with Crippen molar-refractivity contribution in [3.63, 3.8) is 0 Å². The lowest BCUT2D eigenvalue weighted by atomic mass is 10.0. The lowest BCUT2D eigenvalue weighted by molar-refractivity contribution is -0.125. The smallest absolute Gasteiger partial charge is 0.268 e. The molecule has 0 saturated heterocycles. The Labute approximate surface area is 169 Å². The zero-order valence-corrected chi connectivity index (χ0v) is 17.0. The first kappa shape index (κ1) is 19.1. The monoisotopic (exact) mass is 420 g/mol. The Bertz CT molecular complexity index is 1020. The number of rotatable bonds is 2. The van der Waals surface area contributed by atoms with Crippen molar-refractivity contribution in [2.75, 3.05) is 28.6 Å². The molecular formula is C20H21ClN2O4S. The fourth-order valence-corrected chi connectivity index (χ4v) is 4.91. The summed E-state index contributed by atoms with van der Waals surface area (Å²) in [5, 5.41) is 0.408. The van der Waals surface area contributed by atoms with E-state index in [1.165, 1.54) is 4.31 Å². The van der Waals surface area contributed by atoms with Crippen LogP contribution in [0.4, 0.5) is 11.4 Å². The molecule has 2 aliphatic rings. The molecule has 0 radical (unpaired) electrons. The number of hydrogen-bond donors (Lipinski definition) is 0. The van der Waals surface area contributed by atoms with Gasteiger partial charge in [0, 0.05) is 30.2 Å². The van der Waals surface area contributed by atoms with Crippen LogP contribution in [0.1, 0.15) is 18.4 Å². The van der Waals surface area contributed by atoms with E-state index in [0.29, 0.717) is 23.0 Å². The fourth-order valence-electron chi connectivity index (χ4n) is 3.81. The molecule has 28 heavy (non-hydrogen) atoms. The zero-order valence-electron chi connectivity index (χ0n) is 15.5. The van der Waals surface area contributed by atoms with Crippen LogP contribution in [0.3, 0.4) is 0 Å². The normalized spacial score (nSPS) is 19.3. The summed E-state index contributed by atoms with van der Waals surface area (Å²) in [6.07, 6.45) is 2.46. The Balaban J connectivity index is 1.68. The third-order valence-corrected chi connectivity index (χ3v) is 6.52. The molecule has 2 aliphatic heterocycles. The highest BCUT2D eigenvalue weighted by Gasteiger charge is 2.35. The summed E-state index contributed by atoms with van der Waals surface area (Å²) in [4.78, 5) is 15.1. The van der Waals surface area contributed by atoms with Crippen molar-refractivity contribution < 1.29 is 17.9 Å². The van der Waals surface area contributed by atoms with Crippen LogP contribution >= 0.6 is 11.6 Å². The van der Waals surface area contributed by atoms with Crippen LogP contribution in [-0.2, 0) is 21.2 Å². The molecule has 0 aliphatic carbocycles. The highest BCUT2D eigenvalue weighted by atomic mass is 35.5. The largest absolute Gasteiger partial charge is 0.478 e. The predicted octanol–water partition coefficient (Wildman–Crippen LogP) is 3.24. The summed E-state index contributed by atoms with van der Waals surface area (Å²) in [7, 11) is -3.53. The summed E-state index contributed by atoms with van der Waals surface area (Å²) in [6, 6.07) is 12.7. The second-order valence-corrected chi connectivity index (χ2v) is 9.41. The average Bonchev–Trinajstić information content (AvgIpc) is 2.86. The molecule has 0 fully saturated rings. The van der Waals surface area contributed by atoms with Crippen molar-refractivity contribution in [1.82, 2.24) is 0 Å². The van der Waals surface area contributed by atoms with Crippen LogP contribution in [-0.4, -0.2) is 39.8 Å². The van der Waals surface area contributed by atoms with E-state index < -0.39 is 16.1 Å². The minimum atomic E-state index is -3.53. The number of halogens is 1. The van der Waals surface area contributed by atoms with Crippen LogP contribution in [0.25, 0.3) is 0 Å². The summed E-state index contributed by atoms with van der Waals surface area (Å²) in [5.41, 5.74) is 2.41. The quantitative estimate of drug-likeness (QED) is 0.748. The van der Waals surface area contributed by atoms with E-state index in [9.17, 15) is 13.2 Å². The third-order valence-electron chi connectivity index (χ3n) is 5.11. The van der Waals surface area contributed by atoms with E-state index in [1.54, 1.807) is 23.1 Å². The van der Waals surface area contributed by atoms with Crippen LogP contribution in [0, 0.1) is 0 Å². The van der Waals surface area contributed by atoms with Crippen molar-refractivity contribution in [2.24, 2.45) is 0 Å². The predicted molar refractivity (Wildman–Crippen MR) is 110 cm³/mol. The van der Waals surface area contributed by atoms with Gasteiger partial charge >= 0.3 is 0 Å². The van der Waals surface area contributed by atoms with Crippen LogP contribution in [0.15, 0.2) is 42.5 Å². The molecule has 2 aromatic carbocycles. The maximum absolute atomic E-state index is 13.3. The molecular weight excluding hydrogens is 400 g/mol. The summed E-state index contributed by atoms with van der Waals surface area (Å²) >= 11 is 6.07. The number of ether oxygens (including phenoxy) is 1. The maximum Gasteiger partial charge on any atom is 0.268 e. The first-order valence-electron chi connectivity index (χ1n) is 9.18. The van der Waals surface area contributed by atoms with Gasteiger partial charge in [0.1, 0.15) is 5.75 Å². The van der Waals surface area contributed by atoms with Crippen molar-refractivity contribution in [3.05, 3.63) is 53.1 Å². The van der Waals surface area contributed by atoms with Crippen LogP contribution in [0.5, 0.6) is 5.75 Å². The average molecular weight is 421 g/mol. The van der Waals surface area contributed by atoms with Gasteiger partial charge < -0.3 is 9.64 Å². The maximum atomic E-state index is 13.3. The SMILES string of the molecule is CS(=O)(=O)N1CCC(C(=O)N2CCCc3ccccc32)Oc2ccc(Cl)cc21. The van der Waals surface area contributed by atoms with E-state index in [-0.39, 0.29) is 18.9 Å². The number of hydrogen-bond acceptors (Lipinski definition) is 4. The summed E-state index contributed by atoms with van der Waals surface area (Å²) < 4.78 is 31.8. The van der Waals surface area contributed by atoms with Crippen LogP contribution in [0.2, 0.25) is 5.02 Å². The van der Waals surface area contributed by atoms with E-state index in [1.807, 2.05) is 24.3 Å². The van der Waals surface area contributed by atoms with Gasteiger partial charge in [-0.1, -0.05) is 29.8 Å². The van der Waals surface area contributed by atoms with Gasteiger partial charge in [-0.05, 0) is 42.7 Å². The van der Waals surface area contributed by atoms with Gasteiger partial charge in [0.25, 0.3) is 5.91 Å². The van der Waals surface area contributed by atoms with E-state index >= 15 is 0 Å². The number of nitrogens with zero attached hydrogens (tertiary/aromatic N) is 2. The minimum absolute atomic E-state index is 0.150. The van der Waals surface area contributed by atoms with Gasteiger partial charge in [0.15, 0.2) is 6.10 Å². The van der Waals surface area contributed by atoms with Crippen molar-refractivity contribution >= 4 is 38.9 Å². The van der Waals surface area contributed by atoms with Gasteiger partial charge in [0.2, 0.25) is 10.0 Å². The number of para-hydroxylation sites is 1. The first-order chi connectivity index (χ1) is 13.3. The molecule has 0 saturated carbocycles. The van der Waals surface area contributed by atoms with E-state index in [4.69, 9.17) is 16.3 Å². The molecule has 2 aromatic rings. The van der Waals surface area contributed by atoms with E-state index in [2.05, 4.69) is 0 Å². The molecule has 0 spiro atoms. The Morgan fingerprint density at radius 2 is 1.93 bits per heavy atom. The standard InChI is InChI=1S/C20H21ClN2O4S/c1-28(25,26)23-12-10-19(27-18-9-8-15(21)13-17(18)23)20(24)22-11-4-6-14-5-2-3-7-16(14)22/h2-3,5,7-9,13,19H,4,6,10-12H2,1H3. The lowest BCUT2D eigenvalue weighted by Gasteiger charge is -2.32. The van der Waals surface area contributed by atoms with Gasteiger partial charge in [-0.3, -0.25) is 9.10 Å². The minimum Gasteiger partial charge on any atom is -0.478 e. The van der Waals surface area contributed by atoms with Gasteiger partial charge in [-0.2, -0.15) is 0 Å². The Morgan fingerprint density at radius 3 is 2.71 bits per heavy atom. The molecule has 1 unspecified atom stereocenters. The molecule has 4 rings (SSSR count). The molecule has 8 heteroatoms. The van der Waals surface area contributed by atoms with Gasteiger partial charge in [0.05, 0.1) is 11.9 Å². The molecule has 1 amide bonds. The molecule has 0 bridgehead atoms. The first-order valence-corrected chi connectivity index (χ1v) is 11.4. The fraction of sp³-hybridized carbons (Fsp3) is 0.350. The lowest BCUT2D eigenvalue weighted by Crippen LogP contribution is -2.45. The molecule has 6 nitrogen and oxygen atoms in total. The topological polar surface area (TPSA) is 66.9 Å². The molecule has 148 valence electrons. The van der Waals surface area contributed by atoms with Gasteiger partial charge in [-0.25, -0.2) is 8.42 Å². The Kier molecular flexibility index (Phi) is 4.97. The van der Waals surface area contributed by atoms with E-state index in [0.717, 1.165) is 30.3 Å².